The molecule has 0 aliphatic heterocycles. The summed E-state index contributed by atoms with van der Waals surface area (Å²) in [5.74, 6) is -0.205. The van der Waals surface area contributed by atoms with Gasteiger partial charge in [-0.05, 0) is 24.3 Å². The molecule has 0 saturated heterocycles. The quantitative estimate of drug-likeness (QED) is 0.801. The summed E-state index contributed by atoms with van der Waals surface area (Å²) >= 11 is 6.18. The van der Waals surface area contributed by atoms with Gasteiger partial charge in [0.05, 0.1) is 23.0 Å². The minimum Gasteiger partial charge on any atom is -0.345 e. The van der Waals surface area contributed by atoms with E-state index in [1.807, 2.05) is 36.4 Å². The average Bonchev–Trinajstić information content (AvgIpc) is 2.96. The molecule has 0 fully saturated rings. The SMILES string of the molecule is Cn1nc(-c2ccccc2Cl)cc1C(=O)NCc1ccccn1. The highest BCUT2D eigenvalue weighted by Crippen LogP contribution is 2.26. The molecule has 0 spiro atoms. The van der Waals surface area contributed by atoms with Gasteiger partial charge in [-0.15, -0.1) is 0 Å². The fourth-order valence-corrected chi connectivity index (χ4v) is 2.48. The van der Waals surface area contributed by atoms with Crippen molar-refractivity contribution < 1.29 is 4.79 Å². The van der Waals surface area contributed by atoms with Crippen molar-refractivity contribution in [2.75, 3.05) is 0 Å². The van der Waals surface area contributed by atoms with Crippen LogP contribution in [0.25, 0.3) is 11.3 Å². The summed E-state index contributed by atoms with van der Waals surface area (Å²) < 4.78 is 1.55. The van der Waals surface area contributed by atoms with E-state index in [0.29, 0.717) is 23.0 Å². The maximum atomic E-state index is 12.3. The molecule has 2 heterocycles. The molecule has 6 heteroatoms. The van der Waals surface area contributed by atoms with Gasteiger partial charge >= 0.3 is 0 Å². The predicted molar refractivity (Wildman–Crippen MR) is 89.1 cm³/mol. The number of nitrogens with one attached hydrogen (secondary N) is 1. The number of aryl methyl sites for hydroxylation is 1. The van der Waals surface area contributed by atoms with Gasteiger partial charge in [-0.3, -0.25) is 14.5 Å². The zero-order valence-corrected chi connectivity index (χ0v) is 13.3. The number of rotatable bonds is 4. The third-order valence-electron chi connectivity index (χ3n) is 3.42. The van der Waals surface area contributed by atoms with Gasteiger partial charge in [0, 0.05) is 18.8 Å². The molecule has 0 unspecified atom stereocenters. The Morgan fingerprint density at radius 2 is 2.00 bits per heavy atom. The maximum absolute atomic E-state index is 12.3. The smallest absolute Gasteiger partial charge is 0.269 e. The molecule has 116 valence electrons. The van der Waals surface area contributed by atoms with Crippen molar-refractivity contribution in [2.45, 2.75) is 6.54 Å². The molecule has 0 bridgehead atoms. The van der Waals surface area contributed by atoms with Crippen LogP contribution in [-0.4, -0.2) is 20.7 Å². The standard InChI is InChI=1S/C17H15ClN4O/c1-22-16(17(23)20-11-12-6-4-5-9-19-12)10-15(21-22)13-7-2-3-8-14(13)18/h2-10H,11H2,1H3,(H,20,23). The molecule has 0 saturated carbocycles. The minimum atomic E-state index is -0.205. The number of pyridine rings is 1. The van der Waals surface area contributed by atoms with Crippen LogP contribution >= 0.6 is 11.6 Å². The van der Waals surface area contributed by atoms with E-state index in [9.17, 15) is 4.79 Å². The van der Waals surface area contributed by atoms with Gasteiger partial charge in [0.2, 0.25) is 0 Å². The normalized spacial score (nSPS) is 10.5. The van der Waals surface area contributed by atoms with Crippen LogP contribution in [0.4, 0.5) is 0 Å². The first-order chi connectivity index (χ1) is 11.1. The summed E-state index contributed by atoms with van der Waals surface area (Å²) in [7, 11) is 1.73. The summed E-state index contributed by atoms with van der Waals surface area (Å²) in [5.41, 5.74) is 2.74. The summed E-state index contributed by atoms with van der Waals surface area (Å²) in [6.07, 6.45) is 1.70. The molecule has 3 aromatic rings. The summed E-state index contributed by atoms with van der Waals surface area (Å²) in [5, 5.41) is 7.82. The molecule has 5 nitrogen and oxygen atoms in total. The van der Waals surface area contributed by atoms with Crippen molar-refractivity contribution in [1.29, 1.82) is 0 Å². The molecule has 0 atom stereocenters. The Morgan fingerprint density at radius 1 is 1.22 bits per heavy atom. The third-order valence-corrected chi connectivity index (χ3v) is 3.75. The van der Waals surface area contributed by atoms with E-state index in [4.69, 9.17) is 11.6 Å². The van der Waals surface area contributed by atoms with E-state index in [2.05, 4.69) is 15.4 Å². The highest BCUT2D eigenvalue weighted by atomic mass is 35.5. The number of nitrogens with zero attached hydrogens (tertiary/aromatic N) is 3. The van der Waals surface area contributed by atoms with Crippen LogP contribution in [0, 0.1) is 0 Å². The number of aromatic nitrogens is 3. The molecule has 2 aromatic heterocycles. The number of carbonyl (C=O) groups is 1. The lowest BCUT2D eigenvalue weighted by molar-refractivity contribution is 0.0941. The largest absolute Gasteiger partial charge is 0.345 e. The van der Waals surface area contributed by atoms with E-state index in [1.54, 1.807) is 30.1 Å². The summed E-state index contributed by atoms with van der Waals surface area (Å²) in [4.78, 5) is 16.5. The Morgan fingerprint density at radius 3 is 2.74 bits per heavy atom. The van der Waals surface area contributed by atoms with Gasteiger partial charge in [-0.2, -0.15) is 5.10 Å². The molecule has 0 radical (unpaired) electrons. The van der Waals surface area contributed by atoms with Crippen LogP contribution in [0.5, 0.6) is 0 Å². The average molecular weight is 327 g/mol. The highest BCUT2D eigenvalue weighted by molar-refractivity contribution is 6.33. The Balaban J connectivity index is 1.78. The topological polar surface area (TPSA) is 59.8 Å². The second-order valence-corrected chi connectivity index (χ2v) is 5.43. The first kappa shape index (κ1) is 15.2. The molecule has 0 aliphatic rings. The van der Waals surface area contributed by atoms with E-state index in [0.717, 1.165) is 11.3 Å². The lowest BCUT2D eigenvalue weighted by Crippen LogP contribution is -2.25. The van der Waals surface area contributed by atoms with Crippen molar-refractivity contribution in [2.24, 2.45) is 7.05 Å². The second kappa shape index (κ2) is 6.62. The number of hydrogen-bond donors (Lipinski definition) is 1. The first-order valence-corrected chi connectivity index (χ1v) is 7.50. The zero-order valence-electron chi connectivity index (χ0n) is 12.5. The molecule has 1 aromatic carbocycles. The van der Waals surface area contributed by atoms with Gasteiger partial charge in [-0.25, -0.2) is 0 Å². The maximum Gasteiger partial charge on any atom is 0.269 e. The Kier molecular flexibility index (Phi) is 4.39. The van der Waals surface area contributed by atoms with Crippen molar-refractivity contribution in [3.8, 4) is 11.3 Å². The van der Waals surface area contributed by atoms with Crippen LogP contribution in [0.3, 0.4) is 0 Å². The van der Waals surface area contributed by atoms with Crippen LogP contribution in [0.2, 0.25) is 5.02 Å². The minimum absolute atomic E-state index is 0.205. The number of benzene rings is 1. The third kappa shape index (κ3) is 3.40. The molecule has 1 N–H and O–H groups in total. The molecular weight excluding hydrogens is 312 g/mol. The van der Waals surface area contributed by atoms with Gasteiger partial charge in [0.25, 0.3) is 5.91 Å². The number of amides is 1. The molecular formula is C17H15ClN4O. The van der Waals surface area contributed by atoms with E-state index in [1.165, 1.54) is 0 Å². The predicted octanol–water partition coefficient (Wildman–Crippen LogP) is 3.07. The monoisotopic (exact) mass is 326 g/mol. The zero-order chi connectivity index (χ0) is 16.2. The van der Waals surface area contributed by atoms with Gasteiger partial charge in [0.15, 0.2) is 0 Å². The van der Waals surface area contributed by atoms with E-state index < -0.39 is 0 Å². The van der Waals surface area contributed by atoms with Crippen molar-refractivity contribution >= 4 is 17.5 Å². The molecule has 3 rings (SSSR count). The fourth-order valence-electron chi connectivity index (χ4n) is 2.24. The fraction of sp³-hybridized carbons (Fsp3) is 0.118. The first-order valence-electron chi connectivity index (χ1n) is 7.12. The molecule has 0 aliphatic carbocycles. The van der Waals surface area contributed by atoms with Crippen molar-refractivity contribution in [1.82, 2.24) is 20.1 Å². The highest BCUT2D eigenvalue weighted by Gasteiger charge is 2.15. The Hall–Kier alpha value is -2.66. The van der Waals surface area contributed by atoms with Crippen LogP contribution < -0.4 is 5.32 Å². The van der Waals surface area contributed by atoms with Crippen LogP contribution in [0.15, 0.2) is 54.7 Å². The van der Waals surface area contributed by atoms with Crippen LogP contribution in [0.1, 0.15) is 16.2 Å². The summed E-state index contributed by atoms with van der Waals surface area (Å²) in [6.45, 7) is 0.367. The second-order valence-electron chi connectivity index (χ2n) is 5.02. The Labute approximate surface area is 138 Å². The van der Waals surface area contributed by atoms with Gasteiger partial charge < -0.3 is 5.32 Å². The lowest BCUT2D eigenvalue weighted by atomic mass is 10.1. The van der Waals surface area contributed by atoms with Gasteiger partial charge in [-0.1, -0.05) is 35.9 Å². The number of hydrogen-bond acceptors (Lipinski definition) is 3. The molecule has 23 heavy (non-hydrogen) atoms. The number of carbonyl (C=O) groups excluding carboxylic acids is 1. The number of halogens is 1. The van der Waals surface area contributed by atoms with E-state index >= 15 is 0 Å². The lowest BCUT2D eigenvalue weighted by Gasteiger charge is -2.04. The van der Waals surface area contributed by atoms with Crippen LogP contribution in [-0.2, 0) is 13.6 Å². The van der Waals surface area contributed by atoms with E-state index in [-0.39, 0.29) is 5.91 Å². The van der Waals surface area contributed by atoms with Crippen molar-refractivity contribution in [3.63, 3.8) is 0 Å². The van der Waals surface area contributed by atoms with Crippen molar-refractivity contribution in [3.05, 3.63) is 71.1 Å². The Bertz CT molecular complexity index is 830. The molecule has 1 amide bonds. The summed E-state index contributed by atoms with van der Waals surface area (Å²) in [6, 6.07) is 14.7. The van der Waals surface area contributed by atoms with Gasteiger partial charge in [0.1, 0.15) is 5.69 Å².